The lowest BCUT2D eigenvalue weighted by Crippen LogP contribution is -2.27. The Morgan fingerprint density at radius 3 is 2.79 bits per heavy atom. The van der Waals surface area contributed by atoms with Crippen LogP contribution in [0.25, 0.3) is 0 Å². The van der Waals surface area contributed by atoms with Gasteiger partial charge >= 0.3 is 5.97 Å². The zero-order chi connectivity index (χ0) is 14.0. The van der Waals surface area contributed by atoms with Crippen LogP contribution in [0.4, 0.5) is 0 Å². The summed E-state index contributed by atoms with van der Waals surface area (Å²) < 4.78 is 5.35. The first-order valence-electron chi connectivity index (χ1n) is 7.52. The molecule has 0 heterocycles. The highest BCUT2D eigenvalue weighted by molar-refractivity contribution is 5.83. The molecule has 0 N–H and O–H groups in total. The third kappa shape index (κ3) is 3.71. The van der Waals surface area contributed by atoms with Gasteiger partial charge in [0.05, 0.1) is 0 Å². The van der Waals surface area contributed by atoms with Crippen molar-refractivity contribution in [3.8, 4) is 0 Å². The van der Waals surface area contributed by atoms with Crippen molar-refractivity contribution in [3.63, 3.8) is 0 Å². The van der Waals surface area contributed by atoms with Gasteiger partial charge in [-0.25, -0.2) is 4.79 Å². The average Bonchev–Trinajstić information content (AvgIpc) is 2.58. The van der Waals surface area contributed by atoms with Crippen molar-refractivity contribution < 1.29 is 9.53 Å². The van der Waals surface area contributed by atoms with Crippen LogP contribution in [-0.4, -0.2) is 11.6 Å². The number of fused-ring (bicyclic) bond motifs is 1. The van der Waals surface area contributed by atoms with E-state index < -0.39 is 5.60 Å². The number of esters is 1. The van der Waals surface area contributed by atoms with Gasteiger partial charge in [-0.15, -0.1) is 0 Å². The molecule has 2 heteroatoms. The summed E-state index contributed by atoms with van der Waals surface area (Å²) in [5.41, 5.74) is 2.48. The largest absolute Gasteiger partial charge is 0.457 e. The molecule has 0 aromatic rings. The average molecular weight is 262 g/mol. The summed E-state index contributed by atoms with van der Waals surface area (Å²) in [7, 11) is 0. The van der Waals surface area contributed by atoms with Crippen molar-refractivity contribution >= 4 is 5.97 Å². The third-order valence-corrected chi connectivity index (χ3v) is 3.94. The molecule has 0 bridgehead atoms. The zero-order valence-corrected chi connectivity index (χ0v) is 12.7. The van der Waals surface area contributed by atoms with Crippen molar-refractivity contribution in [2.24, 2.45) is 11.8 Å². The van der Waals surface area contributed by atoms with E-state index in [4.69, 9.17) is 4.74 Å². The maximum absolute atomic E-state index is 11.8. The summed E-state index contributed by atoms with van der Waals surface area (Å²) in [5.74, 6) is 1.11. The van der Waals surface area contributed by atoms with Crippen LogP contribution in [0.2, 0.25) is 0 Å². The molecule has 0 unspecified atom stereocenters. The van der Waals surface area contributed by atoms with Crippen LogP contribution in [0, 0.1) is 11.8 Å². The van der Waals surface area contributed by atoms with E-state index >= 15 is 0 Å². The van der Waals surface area contributed by atoms with Crippen molar-refractivity contribution in [2.75, 3.05) is 0 Å². The fourth-order valence-electron chi connectivity index (χ4n) is 3.04. The normalized spacial score (nSPS) is 27.8. The molecule has 1 fully saturated rings. The predicted octanol–water partition coefficient (Wildman–Crippen LogP) is 4.41. The lowest BCUT2D eigenvalue weighted by molar-refractivity contribution is -0.148. The molecule has 0 aliphatic heterocycles. The van der Waals surface area contributed by atoms with Gasteiger partial charge < -0.3 is 4.74 Å². The Balaban J connectivity index is 1.91. The second-order valence-electron chi connectivity index (χ2n) is 6.88. The number of rotatable bonds is 4. The number of carbonyl (C=O) groups excluding carboxylic acids is 1. The van der Waals surface area contributed by atoms with Gasteiger partial charge in [0.1, 0.15) is 5.60 Å². The molecular weight excluding hydrogens is 236 g/mol. The highest BCUT2D eigenvalue weighted by Crippen LogP contribution is 2.50. The first kappa shape index (κ1) is 14.4. The SMILES string of the molecule is CCCCC1=C[C@@H]2C(=CC(=O)OC(C)(C)C)C[C@@H]2C1. The Hall–Kier alpha value is -1.05. The van der Waals surface area contributed by atoms with Gasteiger partial charge in [0.25, 0.3) is 0 Å². The second-order valence-corrected chi connectivity index (χ2v) is 6.88. The molecule has 0 amide bonds. The minimum Gasteiger partial charge on any atom is -0.457 e. The van der Waals surface area contributed by atoms with Crippen LogP contribution >= 0.6 is 0 Å². The summed E-state index contributed by atoms with van der Waals surface area (Å²) in [4.78, 5) is 11.8. The molecule has 19 heavy (non-hydrogen) atoms. The van der Waals surface area contributed by atoms with E-state index in [1.54, 1.807) is 11.6 Å². The van der Waals surface area contributed by atoms with E-state index in [1.165, 1.54) is 31.3 Å². The van der Waals surface area contributed by atoms with E-state index in [9.17, 15) is 4.79 Å². The number of hydrogen-bond donors (Lipinski definition) is 0. The zero-order valence-electron chi connectivity index (χ0n) is 12.7. The number of carbonyl (C=O) groups is 1. The highest BCUT2D eigenvalue weighted by Gasteiger charge is 2.39. The van der Waals surface area contributed by atoms with Crippen LogP contribution in [-0.2, 0) is 9.53 Å². The van der Waals surface area contributed by atoms with Crippen LogP contribution in [0.1, 0.15) is 59.8 Å². The lowest BCUT2D eigenvalue weighted by Gasteiger charge is -2.33. The molecule has 1 saturated carbocycles. The minimum atomic E-state index is -0.394. The first-order valence-corrected chi connectivity index (χ1v) is 7.52. The molecule has 0 radical (unpaired) electrons. The maximum atomic E-state index is 11.8. The predicted molar refractivity (Wildman–Crippen MR) is 77.8 cm³/mol. The molecule has 2 atom stereocenters. The number of allylic oxidation sites excluding steroid dienone is 3. The van der Waals surface area contributed by atoms with E-state index in [1.807, 2.05) is 20.8 Å². The standard InChI is InChI=1S/C17H26O2/c1-5-6-7-12-8-13-10-14(15(13)9-12)11-16(18)19-17(2,3)4/h9,11,13,15H,5-8,10H2,1-4H3/t13-,15-/m0/s1. The van der Waals surface area contributed by atoms with Gasteiger partial charge in [0, 0.05) is 12.0 Å². The number of ether oxygens (including phenoxy) is 1. The third-order valence-electron chi connectivity index (χ3n) is 3.94. The number of unbranched alkanes of at least 4 members (excludes halogenated alkanes) is 1. The number of hydrogen-bond acceptors (Lipinski definition) is 2. The lowest BCUT2D eigenvalue weighted by atomic mass is 9.71. The van der Waals surface area contributed by atoms with Crippen LogP contribution in [0.5, 0.6) is 0 Å². The quantitative estimate of drug-likeness (QED) is 0.426. The summed E-state index contributed by atoms with van der Waals surface area (Å²) in [6.07, 6.45) is 10.2. The van der Waals surface area contributed by atoms with Crippen LogP contribution in [0.15, 0.2) is 23.3 Å². The molecule has 2 rings (SSSR count). The van der Waals surface area contributed by atoms with Gasteiger partial charge in [0.2, 0.25) is 0 Å². The van der Waals surface area contributed by atoms with Crippen molar-refractivity contribution in [3.05, 3.63) is 23.3 Å². The molecule has 0 spiro atoms. The van der Waals surface area contributed by atoms with Gasteiger partial charge in [-0.1, -0.05) is 30.6 Å². The Labute approximate surface area is 116 Å². The van der Waals surface area contributed by atoms with Crippen molar-refractivity contribution in [1.29, 1.82) is 0 Å². The molecule has 2 nitrogen and oxygen atoms in total. The molecule has 2 aliphatic rings. The summed E-state index contributed by atoms with van der Waals surface area (Å²) >= 11 is 0. The molecule has 106 valence electrons. The Morgan fingerprint density at radius 2 is 2.16 bits per heavy atom. The van der Waals surface area contributed by atoms with Crippen LogP contribution < -0.4 is 0 Å². The van der Waals surface area contributed by atoms with Gasteiger partial charge in [0.15, 0.2) is 0 Å². The Morgan fingerprint density at radius 1 is 1.42 bits per heavy atom. The van der Waals surface area contributed by atoms with Gasteiger partial charge in [-0.05, 0) is 52.4 Å². The Bertz CT molecular complexity index is 409. The maximum Gasteiger partial charge on any atom is 0.331 e. The van der Waals surface area contributed by atoms with E-state index in [0.717, 1.165) is 12.3 Å². The molecule has 2 aliphatic carbocycles. The van der Waals surface area contributed by atoms with Gasteiger partial charge in [-0.3, -0.25) is 0 Å². The van der Waals surface area contributed by atoms with Crippen molar-refractivity contribution in [2.45, 2.75) is 65.4 Å². The monoisotopic (exact) mass is 262 g/mol. The van der Waals surface area contributed by atoms with E-state index in [-0.39, 0.29) is 5.97 Å². The molecule has 0 saturated heterocycles. The summed E-state index contributed by atoms with van der Waals surface area (Å²) in [6, 6.07) is 0. The van der Waals surface area contributed by atoms with Gasteiger partial charge in [-0.2, -0.15) is 0 Å². The fraction of sp³-hybridized carbons (Fsp3) is 0.706. The summed E-state index contributed by atoms with van der Waals surface area (Å²) in [5, 5.41) is 0. The smallest absolute Gasteiger partial charge is 0.331 e. The molecular formula is C17H26O2. The highest BCUT2D eigenvalue weighted by atomic mass is 16.6. The topological polar surface area (TPSA) is 26.3 Å². The second kappa shape index (κ2) is 5.52. The van der Waals surface area contributed by atoms with Crippen LogP contribution in [0.3, 0.4) is 0 Å². The van der Waals surface area contributed by atoms with Crippen molar-refractivity contribution in [1.82, 2.24) is 0 Å². The summed E-state index contributed by atoms with van der Waals surface area (Å²) in [6.45, 7) is 7.96. The molecule has 0 aromatic carbocycles. The van der Waals surface area contributed by atoms with E-state index in [2.05, 4.69) is 13.0 Å². The Kier molecular flexibility index (Phi) is 4.17. The molecule has 0 aromatic heterocycles. The fourth-order valence-corrected chi connectivity index (χ4v) is 3.04. The van der Waals surface area contributed by atoms with E-state index in [0.29, 0.717) is 5.92 Å². The first-order chi connectivity index (χ1) is 8.89. The minimum absolute atomic E-state index is 0.184.